The Morgan fingerprint density at radius 3 is 2.11 bits per heavy atom. The second-order valence-corrected chi connectivity index (χ2v) is 8.03. The Morgan fingerprint density at radius 1 is 1.04 bits per heavy atom. The van der Waals surface area contributed by atoms with Crippen LogP contribution in [0.15, 0.2) is 65.7 Å². The topological polar surface area (TPSA) is 84.2 Å². The Morgan fingerprint density at radius 2 is 1.67 bits per heavy atom. The fraction of sp³-hybridized carbons (Fsp3) is 0.250. The highest BCUT2D eigenvalue weighted by atomic mass is 32.2. The molecule has 2 N–H and O–H groups in total. The molecule has 1 aromatic heterocycles. The van der Waals surface area contributed by atoms with Gasteiger partial charge in [0.2, 0.25) is 0 Å². The van der Waals surface area contributed by atoms with E-state index in [4.69, 9.17) is 4.55 Å². The van der Waals surface area contributed by atoms with Crippen molar-refractivity contribution in [2.75, 3.05) is 13.1 Å². The smallest absolute Gasteiger partial charge is 0.294 e. The Bertz CT molecular complexity index is 990. The minimum atomic E-state index is -4.02. The van der Waals surface area contributed by atoms with Gasteiger partial charge in [0.05, 0.1) is 10.6 Å². The Kier molecular flexibility index (Phi) is 5.74. The van der Waals surface area contributed by atoms with Crippen LogP contribution >= 0.6 is 0 Å². The predicted molar refractivity (Wildman–Crippen MR) is 105 cm³/mol. The number of aryl methyl sites for hydroxylation is 2. The normalized spacial score (nSPS) is 14.2. The van der Waals surface area contributed by atoms with Gasteiger partial charge in [-0.1, -0.05) is 42.0 Å². The zero-order valence-corrected chi connectivity index (χ0v) is 16.1. The molecule has 1 fully saturated rings. The molecule has 0 spiro atoms. The molecule has 142 valence electrons. The van der Waals surface area contributed by atoms with Gasteiger partial charge in [0.15, 0.2) is 0 Å². The van der Waals surface area contributed by atoms with E-state index >= 15 is 0 Å². The van der Waals surface area contributed by atoms with Crippen LogP contribution in [0.5, 0.6) is 0 Å². The predicted octanol–water partition coefficient (Wildman–Crippen LogP) is 3.02. The number of benzene rings is 2. The third kappa shape index (κ3) is 4.82. The number of nitrogens with zero attached hydrogens (tertiary/aromatic N) is 2. The van der Waals surface area contributed by atoms with E-state index in [1.54, 1.807) is 12.1 Å². The van der Waals surface area contributed by atoms with Crippen molar-refractivity contribution >= 4 is 10.1 Å². The average Bonchev–Trinajstić information content (AvgIpc) is 3.00. The van der Waals surface area contributed by atoms with E-state index in [0.717, 1.165) is 18.7 Å². The van der Waals surface area contributed by atoms with Crippen molar-refractivity contribution in [2.24, 2.45) is 7.05 Å². The first-order chi connectivity index (χ1) is 12.8. The maximum Gasteiger partial charge on any atom is 0.294 e. The molecule has 1 aliphatic rings. The van der Waals surface area contributed by atoms with Crippen LogP contribution in [0.1, 0.15) is 17.0 Å². The number of rotatable bonds is 3. The van der Waals surface area contributed by atoms with E-state index in [-0.39, 0.29) is 4.90 Å². The van der Waals surface area contributed by atoms with Gasteiger partial charge in [0.1, 0.15) is 0 Å². The molecule has 0 radical (unpaired) electrons. The van der Waals surface area contributed by atoms with Crippen LogP contribution in [0, 0.1) is 6.92 Å². The first-order valence-electron chi connectivity index (χ1n) is 8.68. The van der Waals surface area contributed by atoms with Crippen LogP contribution in [-0.2, 0) is 17.2 Å². The Labute approximate surface area is 159 Å². The van der Waals surface area contributed by atoms with Gasteiger partial charge in [0.25, 0.3) is 10.1 Å². The molecule has 1 aliphatic heterocycles. The molecular weight excluding hydrogens is 362 g/mol. The quantitative estimate of drug-likeness (QED) is 0.677. The summed E-state index contributed by atoms with van der Waals surface area (Å²) in [6.07, 6.45) is 1.83. The summed E-state index contributed by atoms with van der Waals surface area (Å²) < 4.78 is 31.5. The van der Waals surface area contributed by atoms with Crippen molar-refractivity contribution in [3.8, 4) is 11.3 Å². The SMILES string of the molecule is Cc1ccc(S(=O)(=O)O)cc1.Cn1nccc1-c1ccc(C2CNC2)cc1. The number of nitrogens with one attached hydrogen (secondary N) is 1. The zero-order valence-electron chi connectivity index (χ0n) is 15.3. The summed E-state index contributed by atoms with van der Waals surface area (Å²) in [6, 6.07) is 16.9. The molecular formula is C20H23N3O3S. The number of hydrogen-bond donors (Lipinski definition) is 2. The summed E-state index contributed by atoms with van der Waals surface area (Å²) >= 11 is 0. The molecule has 0 bridgehead atoms. The molecule has 0 atom stereocenters. The van der Waals surface area contributed by atoms with E-state index in [9.17, 15) is 8.42 Å². The van der Waals surface area contributed by atoms with Crippen LogP contribution in [0.25, 0.3) is 11.3 Å². The van der Waals surface area contributed by atoms with Crippen molar-refractivity contribution in [1.82, 2.24) is 15.1 Å². The third-order valence-corrected chi connectivity index (χ3v) is 5.47. The summed E-state index contributed by atoms with van der Waals surface area (Å²) in [5.74, 6) is 0.709. The summed E-state index contributed by atoms with van der Waals surface area (Å²) in [7, 11) is -2.05. The zero-order chi connectivity index (χ0) is 19.4. The minimum absolute atomic E-state index is 0.0666. The van der Waals surface area contributed by atoms with Gasteiger partial charge in [-0.2, -0.15) is 13.5 Å². The van der Waals surface area contributed by atoms with Crippen molar-refractivity contribution in [3.05, 3.63) is 71.9 Å². The minimum Gasteiger partial charge on any atom is -0.315 e. The van der Waals surface area contributed by atoms with Crippen molar-refractivity contribution in [2.45, 2.75) is 17.7 Å². The first-order valence-corrected chi connectivity index (χ1v) is 10.1. The molecule has 1 saturated heterocycles. The van der Waals surface area contributed by atoms with Crippen LogP contribution in [0.4, 0.5) is 0 Å². The summed E-state index contributed by atoms with van der Waals surface area (Å²) in [6.45, 7) is 4.07. The fourth-order valence-electron chi connectivity index (χ4n) is 2.82. The van der Waals surface area contributed by atoms with E-state index < -0.39 is 10.1 Å². The van der Waals surface area contributed by atoms with E-state index in [1.165, 1.54) is 29.0 Å². The van der Waals surface area contributed by atoms with Gasteiger partial charge < -0.3 is 5.32 Å². The highest BCUT2D eigenvalue weighted by Gasteiger charge is 2.18. The maximum atomic E-state index is 10.5. The van der Waals surface area contributed by atoms with Gasteiger partial charge in [0, 0.05) is 32.3 Å². The first kappa shape index (κ1) is 19.3. The van der Waals surface area contributed by atoms with Gasteiger partial charge >= 0.3 is 0 Å². The molecule has 0 amide bonds. The summed E-state index contributed by atoms with van der Waals surface area (Å²) in [4.78, 5) is -0.0666. The fourth-order valence-corrected chi connectivity index (χ4v) is 3.30. The van der Waals surface area contributed by atoms with Gasteiger partial charge in [-0.25, -0.2) is 0 Å². The lowest BCUT2D eigenvalue weighted by molar-refractivity contribution is 0.448. The van der Waals surface area contributed by atoms with Gasteiger partial charge in [-0.05, 0) is 36.2 Å². The molecule has 3 aromatic rings. The molecule has 6 nitrogen and oxygen atoms in total. The van der Waals surface area contributed by atoms with Crippen LogP contribution < -0.4 is 5.32 Å². The number of hydrogen-bond acceptors (Lipinski definition) is 4. The number of aromatic nitrogens is 2. The average molecular weight is 385 g/mol. The van der Waals surface area contributed by atoms with Gasteiger partial charge in [-0.15, -0.1) is 0 Å². The van der Waals surface area contributed by atoms with Crippen LogP contribution in [0.2, 0.25) is 0 Å². The van der Waals surface area contributed by atoms with Crippen LogP contribution in [-0.4, -0.2) is 35.8 Å². The van der Waals surface area contributed by atoms with E-state index in [2.05, 4.69) is 34.7 Å². The largest absolute Gasteiger partial charge is 0.315 e. The highest BCUT2D eigenvalue weighted by Crippen LogP contribution is 2.24. The van der Waals surface area contributed by atoms with E-state index in [1.807, 2.05) is 30.9 Å². The summed E-state index contributed by atoms with van der Waals surface area (Å²) in [5.41, 5.74) is 4.79. The molecule has 4 rings (SSSR count). The second-order valence-electron chi connectivity index (χ2n) is 6.61. The van der Waals surface area contributed by atoms with E-state index in [0.29, 0.717) is 5.92 Å². The molecule has 0 aliphatic carbocycles. The van der Waals surface area contributed by atoms with Crippen molar-refractivity contribution < 1.29 is 13.0 Å². The standard InChI is InChI=1S/C13H15N3.C7H8O3S/c1-16-13(6-7-15-16)11-4-2-10(3-5-11)12-8-14-9-12;1-6-2-4-7(5-3-6)11(8,9)10/h2-7,12,14H,8-9H2,1H3;2-5H,1H3,(H,8,9,10). The van der Waals surface area contributed by atoms with Crippen molar-refractivity contribution in [1.29, 1.82) is 0 Å². The maximum absolute atomic E-state index is 10.5. The molecule has 27 heavy (non-hydrogen) atoms. The molecule has 2 heterocycles. The second kappa shape index (κ2) is 8.04. The molecule has 0 unspecified atom stereocenters. The molecule has 7 heteroatoms. The third-order valence-electron chi connectivity index (χ3n) is 4.60. The Hall–Kier alpha value is -2.48. The lowest BCUT2D eigenvalue weighted by Gasteiger charge is -2.27. The lowest BCUT2D eigenvalue weighted by Crippen LogP contribution is -2.39. The van der Waals surface area contributed by atoms with Crippen molar-refractivity contribution in [3.63, 3.8) is 0 Å². The van der Waals surface area contributed by atoms with Crippen LogP contribution in [0.3, 0.4) is 0 Å². The lowest BCUT2D eigenvalue weighted by atomic mass is 9.93. The highest BCUT2D eigenvalue weighted by molar-refractivity contribution is 7.85. The Balaban J connectivity index is 0.000000168. The molecule has 0 saturated carbocycles. The van der Waals surface area contributed by atoms with Gasteiger partial charge in [-0.3, -0.25) is 9.23 Å². The molecule has 2 aromatic carbocycles. The monoisotopic (exact) mass is 385 g/mol. The summed E-state index contributed by atoms with van der Waals surface area (Å²) in [5, 5.41) is 7.48.